The van der Waals surface area contributed by atoms with Gasteiger partial charge in [0.15, 0.2) is 4.96 Å². The van der Waals surface area contributed by atoms with Crippen LogP contribution in [0.2, 0.25) is 0 Å². The molecule has 21 heavy (non-hydrogen) atoms. The number of ether oxygens (including phenoxy) is 1. The Kier molecular flexibility index (Phi) is 4.33. The van der Waals surface area contributed by atoms with Crippen LogP contribution in [0.4, 0.5) is 0 Å². The minimum atomic E-state index is -0.0521. The van der Waals surface area contributed by atoms with Crippen molar-refractivity contribution in [1.29, 1.82) is 0 Å². The highest BCUT2D eigenvalue weighted by molar-refractivity contribution is 7.15. The highest BCUT2D eigenvalue weighted by Gasteiger charge is 2.41. The fraction of sp³-hybridized carbons (Fsp3) is 0.688. The number of hydrogen-bond acceptors (Lipinski definition) is 4. The summed E-state index contributed by atoms with van der Waals surface area (Å²) in [6.45, 7) is 2.34. The summed E-state index contributed by atoms with van der Waals surface area (Å²) in [5.41, 5.74) is 1.10. The summed E-state index contributed by atoms with van der Waals surface area (Å²) in [6, 6.07) is 0.315. The minimum absolute atomic E-state index is 0.0521. The monoisotopic (exact) mass is 307 g/mol. The van der Waals surface area contributed by atoms with E-state index < -0.39 is 0 Å². The lowest BCUT2D eigenvalue weighted by Gasteiger charge is -2.44. The first-order chi connectivity index (χ1) is 10.2. The Morgan fingerprint density at radius 3 is 3.14 bits per heavy atom. The van der Waals surface area contributed by atoms with Gasteiger partial charge in [-0.05, 0) is 25.8 Å². The van der Waals surface area contributed by atoms with Crippen LogP contribution in [0.25, 0.3) is 4.96 Å². The average molecular weight is 307 g/mol. The summed E-state index contributed by atoms with van der Waals surface area (Å²) in [5, 5.41) is 5.57. The Morgan fingerprint density at radius 2 is 2.48 bits per heavy atom. The molecule has 3 atom stereocenters. The van der Waals surface area contributed by atoms with Gasteiger partial charge in [-0.2, -0.15) is 0 Å². The van der Waals surface area contributed by atoms with E-state index in [-0.39, 0.29) is 5.60 Å². The molecular weight excluding hydrogens is 282 g/mol. The van der Waals surface area contributed by atoms with Gasteiger partial charge in [-0.1, -0.05) is 19.8 Å². The summed E-state index contributed by atoms with van der Waals surface area (Å²) >= 11 is 1.68. The molecule has 2 aromatic heterocycles. The maximum Gasteiger partial charge on any atom is 0.193 e. The number of aromatic nitrogens is 2. The van der Waals surface area contributed by atoms with Crippen molar-refractivity contribution in [2.24, 2.45) is 5.92 Å². The second-order valence-electron chi connectivity index (χ2n) is 6.34. The standard InChI is InChI=1S/C16H25N3OS/c1-12-5-4-6-16(10-12,20-3)14(17-2)9-13-11-19-7-8-21-15(19)18-13/h7-8,11-12,14,17H,4-6,9-10H2,1-3H3. The number of imidazole rings is 1. The topological polar surface area (TPSA) is 38.6 Å². The highest BCUT2D eigenvalue weighted by Crippen LogP contribution is 2.38. The molecule has 1 aliphatic carbocycles. The van der Waals surface area contributed by atoms with E-state index in [1.807, 2.05) is 14.2 Å². The first-order valence-electron chi connectivity index (χ1n) is 7.80. The van der Waals surface area contributed by atoms with Crippen LogP contribution in [0.15, 0.2) is 17.8 Å². The molecule has 3 rings (SSSR count). The number of nitrogens with one attached hydrogen (secondary N) is 1. The number of thiazole rings is 1. The molecule has 0 aliphatic heterocycles. The van der Waals surface area contributed by atoms with Crippen molar-refractivity contribution in [3.63, 3.8) is 0 Å². The van der Waals surface area contributed by atoms with E-state index in [1.54, 1.807) is 11.3 Å². The molecule has 4 nitrogen and oxygen atoms in total. The summed E-state index contributed by atoms with van der Waals surface area (Å²) in [6.07, 6.45) is 9.99. The molecule has 0 bridgehead atoms. The predicted octanol–water partition coefficient (Wildman–Crippen LogP) is 3.12. The fourth-order valence-electron chi connectivity index (χ4n) is 3.82. The van der Waals surface area contributed by atoms with Crippen LogP contribution in [0.1, 0.15) is 38.3 Å². The lowest BCUT2D eigenvalue weighted by atomic mass is 9.73. The Hall–Kier alpha value is -0.910. The molecule has 3 unspecified atom stereocenters. The van der Waals surface area contributed by atoms with Crippen molar-refractivity contribution in [2.75, 3.05) is 14.2 Å². The zero-order valence-electron chi connectivity index (χ0n) is 13.1. The quantitative estimate of drug-likeness (QED) is 0.922. The molecule has 1 N–H and O–H groups in total. The second-order valence-corrected chi connectivity index (χ2v) is 7.21. The third kappa shape index (κ3) is 2.87. The fourth-order valence-corrected chi connectivity index (χ4v) is 4.54. The number of fused-ring (bicyclic) bond motifs is 1. The molecule has 5 heteroatoms. The van der Waals surface area contributed by atoms with E-state index in [1.165, 1.54) is 12.8 Å². The van der Waals surface area contributed by atoms with E-state index in [0.29, 0.717) is 6.04 Å². The Labute approximate surface area is 130 Å². The summed E-state index contributed by atoms with van der Waals surface area (Å²) in [5.74, 6) is 0.736. The molecule has 0 saturated heterocycles. The maximum absolute atomic E-state index is 6.04. The van der Waals surface area contributed by atoms with Crippen LogP contribution in [-0.4, -0.2) is 35.2 Å². The third-order valence-electron chi connectivity index (χ3n) is 4.94. The van der Waals surface area contributed by atoms with Gasteiger partial charge in [0, 0.05) is 37.3 Å². The largest absolute Gasteiger partial charge is 0.377 e. The Balaban J connectivity index is 1.81. The van der Waals surface area contributed by atoms with Gasteiger partial charge in [0.2, 0.25) is 0 Å². The lowest BCUT2D eigenvalue weighted by molar-refractivity contribution is -0.0777. The average Bonchev–Trinajstić information content (AvgIpc) is 3.05. The van der Waals surface area contributed by atoms with Gasteiger partial charge in [0.05, 0.1) is 11.3 Å². The normalized spacial score (nSPS) is 28.0. The molecule has 2 aromatic rings. The SMILES string of the molecule is CNC(Cc1cn2ccsc2n1)C1(OC)CCCC(C)C1. The van der Waals surface area contributed by atoms with E-state index in [9.17, 15) is 0 Å². The third-order valence-corrected chi connectivity index (χ3v) is 5.71. The highest BCUT2D eigenvalue weighted by atomic mass is 32.1. The van der Waals surface area contributed by atoms with Gasteiger partial charge in [-0.25, -0.2) is 4.98 Å². The molecule has 1 aliphatic rings. The van der Waals surface area contributed by atoms with Crippen LogP contribution in [0.5, 0.6) is 0 Å². The number of hydrogen-bond donors (Lipinski definition) is 1. The molecule has 2 heterocycles. The van der Waals surface area contributed by atoms with Crippen molar-refractivity contribution < 1.29 is 4.74 Å². The molecule has 1 fully saturated rings. The van der Waals surface area contributed by atoms with Crippen molar-refractivity contribution in [3.8, 4) is 0 Å². The van der Waals surface area contributed by atoms with Crippen LogP contribution in [0, 0.1) is 5.92 Å². The molecule has 0 spiro atoms. The molecule has 0 amide bonds. The van der Waals surface area contributed by atoms with E-state index in [4.69, 9.17) is 9.72 Å². The number of rotatable bonds is 5. The van der Waals surface area contributed by atoms with Crippen LogP contribution in [0.3, 0.4) is 0 Å². The first kappa shape index (κ1) is 15.0. The summed E-state index contributed by atoms with van der Waals surface area (Å²) in [4.78, 5) is 5.80. The molecule has 116 valence electrons. The maximum atomic E-state index is 6.04. The van der Waals surface area contributed by atoms with E-state index in [2.05, 4.69) is 34.4 Å². The first-order valence-corrected chi connectivity index (χ1v) is 8.68. The minimum Gasteiger partial charge on any atom is -0.377 e. The van der Waals surface area contributed by atoms with E-state index in [0.717, 1.165) is 35.8 Å². The van der Waals surface area contributed by atoms with Gasteiger partial charge in [0.1, 0.15) is 0 Å². The molecule has 0 radical (unpaired) electrons. The molecular formula is C16H25N3OS. The van der Waals surface area contributed by atoms with Gasteiger partial charge in [-0.15, -0.1) is 11.3 Å². The number of likely N-dealkylation sites (N-methyl/N-ethyl adjacent to an activating group) is 1. The zero-order valence-corrected chi connectivity index (χ0v) is 13.9. The van der Waals surface area contributed by atoms with Crippen LogP contribution in [-0.2, 0) is 11.2 Å². The van der Waals surface area contributed by atoms with Crippen molar-refractivity contribution in [1.82, 2.24) is 14.7 Å². The zero-order chi connectivity index (χ0) is 14.9. The molecule has 1 saturated carbocycles. The smallest absolute Gasteiger partial charge is 0.193 e. The Morgan fingerprint density at radius 1 is 1.62 bits per heavy atom. The van der Waals surface area contributed by atoms with Crippen molar-refractivity contribution in [2.45, 2.75) is 50.7 Å². The van der Waals surface area contributed by atoms with Crippen LogP contribution < -0.4 is 5.32 Å². The number of methoxy groups -OCH3 is 1. The van der Waals surface area contributed by atoms with Gasteiger partial charge in [-0.3, -0.25) is 4.40 Å². The summed E-state index contributed by atoms with van der Waals surface area (Å²) in [7, 11) is 3.91. The van der Waals surface area contributed by atoms with E-state index >= 15 is 0 Å². The Bertz CT molecular complexity index is 565. The summed E-state index contributed by atoms with van der Waals surface area (Å²) < 4.78 is 8.14. The number of nitrogens with zero attached hydrogens (tertiary/aromatic N) is 2. The second kappa shape index (κ2) is 6.07. The predicted molar refractivity (Wildman–Crippen MR) is 87.0 cm³/mol. The molecule has 0 aromatic carbocycles. The van der Waals surface area contributed by atoms with Gasteiger partial charge < -0.3 is 10.1 Å². The van der Waals surface area contributed by atoms with Gasteiger partial charge in [0.25, 0.3) is 0 Å². The lowest BCUT2D eigenvalue weighted by Crippen LogP contribution is -2.54. The van der Waals surface area contributed by atoms with Crippen molar-refractivity contribution >= 4 is 16.3 Å². The van der Waals surface area contributed by atoms with Gasteiger partial charge >= 0.3 is 0 Å². The van der Waals surface area contributed by atoms with Crippen LogP contribution >= 0.6 is 11.3 Å². The van der Waals surface area contributed by atoms with Crippen molar-refractivity contribution in [3.05, 3.63) is 23.5 Å².